The quantitative estimate of drug-likeness (QED) is 0.727. The van der Waals surface area contributed by atoms with Crippen molar-refractivity contribution in [3.8, 4) is 0 Å². The number of anilines is 1. The van der Waals surface area contributed by atoms with Gasteiger partial charge in [0.25, 0.3) is 0 Å². The number of benzene rings is 2. The summed E-state index contributed by atoms with van der Waals surface area (Å²) in [5.74, 6) is 0. The lowest BCUT2D eigenvalue weighted by molar-refractivity contribution is 0.119. The fourth-order valence-corrected chi connectivity index (χ4v) is 2.47. The number of aliphatic hydroxyl groups excluding tert-OH is 1. The van der Waals surface area contributed by atoms with Gasteiger partial charge in [0.15, 0.2) is 0 Å². The molecule has 1 unspecified atom stereocenters. The number of ether oxygens (including phenoxy) is 1. The molecule has 0 bridgehead atoms. The van der Waals surface area contributed by atoms with Gasteiger partial charge in [0, 0.05) is 19.4 Å². The Morgan fingerprint density at radius 3 is 2.50 bits per heavy atom. The second kappa shape index (κ2) is 9.05. The van der Waals surface area contributed by atoms with Crippen LogP contribution in [0.25, 0.3) is 0 Å². The minimum Gasteiger partial charge on any atom is -0.396 e. The molecule has 0 aromatic heterocycles. The summed E-state index contributed by atoms with van der Waals surface area (Å²) in [6, 6.07) is 16.6. The molecular weight excluding hydrogens is 304 g/mol. The van der Waals surface area contributed by atoms with Crippen molar-refractivity contribution in [1.82, 2.24) is 5.32 Å². The number of amides is 2. The minimum atomic E-state index is -0.306. The zero-order chi connectivity index (χ0) is 17.4. The monoisotopic (exact) mass is 328 g/mol. The summed E-state index contributed by atoms with van der Waals surface area (Å²) >= 11 is 0. The van der Waals surface area contributed by atoms with Gasteiger partial charge in [0.1, 0.15) is 0 Å². The molecule has 5 nitrogen and oxygen atoms in total. The molecule has 128 valence electrons. The second-order valence-corrected chi connectivity index (χ2v) is 5.58. The Balaban J connectivity index is 2.03. The van der Waals surface area contributed by atoms with E-state index in [-0.39, 0.29) is 24.8 Å². The smallest absolute Gasteiger partial charge is 0.319 e. The fraction of sp³-hybridized carbons (Fsp3) is 0.316. The van der Waals surface area contributed by atoms with Gasteiger partial charge in [-0.2, -0.15) is 0 Å². The van der Waals surface area contributed by atoms with Crippen molar-refractivity contribution in [3.63, 3.8) is 0 Å². The van der Waals surface area contributed by atoms with Crippen LogP contribution in [0, 0.1) is 0 Å². The molecule has 2 aromatic rings. The van der Waals surface area contributed by atoms with Gasteiger partial charge >= 0.3 is 6.03 Å². The molecule has 2 rings (SSSR count). The van der Waals surface area contributed by atoms with E-state index in [1.807, 2.05) is 61.5 Å². The van der Waals surface area contributed by atoms with Crippen LogP contribution in [0.2, 0.25) is 0 Å². The maximum Gasteiger partial charge on any atom is 0.319 e. The number of carbonyl (C=O) groups is 1. The molecule has 5 heteroatoms. The molecule has 0 aliphatic rings. The van der Waals surface area contributed by atoms with Gasteiger partial charge in [-0.05, 0) is 36.6 Å². The van der Waals surface area contributed by atoms with Gasteiger partial charge in [0.05, 0.1) is 12.1 Å². The number of urea groups is 1. The number of aliphatic hydroxyl groups is 1. The largest absolute Gasteiger partial charge is 0.396 e. The van der Waals surface area contributed by atoms with Crippen LogP contribution in [0.4, 0.5) is 10.5 Å². The summed E-state index contributed by atoms with van der Waals surface area (Å²) in [6.45, 7) is 1.95. The van der Waals surface area contributed by atoms with Gasteiger partial charge in [-0.1, -0.05) is 42.5 Å². The highest BCUT2D eigenvalue weighted by Crippen LogP contribution is 2.20. The van der Waals surface area contributed by atoms with Crippen molar-refractivity contribution in [3.05, 3.63) is 65.7 Å². The summed E-state index contributed by atoms with van der Waals surface area (Å²) in [6.07, 6.45) is 0.416. The molecule has 0 spiro atoms. The predicted octanol–water partition coefficient (Wildman–Crippen LogP) is 3.64. The molecule has 2 aromatic carbocycles. The molecule has 2 atom stereocenters. The van der Waals surface area contributed by atoms with Crippen molar-refractivity contribution < 1.29 is 14.6 Å². The summed E-state index contributed by atoms with van der Waals surface area (Å²) in [5, 5.41) is 15.0. The molecule has 0 saturated heterocycles. The van der Waals surface area contributed by atoms with E-state index < -0.39 is 0 Å². The third-order valence-corrected chi connectivity index (χ3v) is 3.89. The highest BCUT2D eigenvalue weighted by molar-refractivity contribution is 5.89. The lowest BCUT2D eigenvalue weighted by Gasteiger charge is -2.19. The van der Waals surface area contributed by atoms with Gasteiger partial charge in [-0.25, -0.2) is 4.79 Å². The molecule has 2 amide bonds. The van der Waals surface area contributed by atoms with Gasteiger partial charge in [-0.3, -0.25) is 0 Å². The Hall–Kier alpha value is -2.37. The standard InChI is InChI=1S/C19H24N2O3/c1-14(24-2)16-9-6-10-17(13-16)20-19(23)21-18(11-12-22)15-7-4-3-5-8-15/h3-10,13-14,18,22H,11-12H2,1-2H3,(H2,20,21,23)/t14?,18-/m1/s1. The summed E-state index contributed by atoms with van der Waals surface area (Å²) in [4.78, 5) is 12.3. The second-order valence-electron chi connectivity index (χ2n) is 5.58. The van der Waals surface area contributed by atoms with Crippen LogP contribution < -0.4 is 10.6 Å². The maximum atomic E-state index is 12.3. The molecular formula is C19H24N2O3. The third-order valence-electron chi connectivity index (χ3n) is 3.89. The molecule has 0 aliphatic carbocycles. The summed E-state index contributed by atoms with van der Waals surface area (Å²) < 4.78 is 5.29. The van der Waals surface area contributed by atoms with E-state index in [2.05, 4.69) is 10.6 Å². The number of hydrogen-bond donors (Lipinski definition) is 3. The SMILES string of the molecule is COC(C)c1cccc(NC(=O)N[C@H](CCO)c2ccccc2)c1. The average molecular weight is 328 g/mol. The van der Waals surface area contributed by atoms with E-state index in [1.165, 1.54) is 0 Å². The first-order chi connectivity index (χ1) is 11.6. The van der Waals surface area contributed by atoms with E-state index in [0.29, 0.717) is 12.1 Å². The van der Waals surface area contributed by atoms with Crippen LogP contribution >= 0.6 is 0 Å². The van der Waals surface area contributed by atoms with Crippen molar-refractivity contribution in [1.29, 1.82) is 0 Å². The highest BCUT2D eigenvalue weighted by atomic mass is 16.5. The van der Waals surface area contributed by atoms with Crippen LogP contribution in [0.1, 0.15) is 36.6 Å². The Morgan fingerprint density at radius 1 is 1.12 bits per heavy atom. The Bertz CT molecular complexity index is 646. The Morgan fingerprint density at radius 2 is 1.83 bits per heavy atom. The number of hydrogen-bond acceptors (Lipinski definition) is 3. The first-order valence-electron chi connectivity index (χ1n) is 8.00. The van der Waals surface area contributed by atoms with E-state index in [4.69, 9.17) is 4.74 Å². The maximum absolute atomic E-state index is 12.3. The van der Waals surface area contributed by atoms with Crippen molar-refractivity contribution >= 4 is 11.7 Å². The number of methoxy groups -OCH3 is 1. The molecule has 3 N–H and O–H groups in total. The van der Waals surface area contributed by atoms with Crippen molar-refractivity contribution in [2.24, 2.45) is 0 Å². The summed E-state index contributed by atoms with van der Waals surface area (Å²) in [7, 11) is 1.65. The van der Waals surface area contributed by atoms with Gasteiger partial charge < -0.3 is 20.5 Å². The number of rotatable bonds is 7. The molecule has 0 aliphatic heterocycles. The zero-order valence-electron chi connectivity index (χ0n) is 14.0. The number of carbonyl (C=O) groups excluding carboxylic acids is 1. The molecule has 0 radical (unpaired) electrons. The molecule has 0 fully saturated rings. The molecule has 0 saturated carbocycles. The zero-order valence-corrected chi connectivity index (χ0v) is 14.0. The van der Waals surface area contributed by atoms with Crippen LogP contribution in [0.3, 0.4) is 0 Å². The van der Waals surface area contributed by atoms with E-state index in [9.17, 15) is 9.90 Å². The Kier molecular flexibility index (Phi) is 6.78. The van der Waals surface area contributed by atoms with E-state index >= 15 is 0 Å². The lowest BCUT2D eigenvalue weighted by Crippen LogP contribution is -2.33. The van der Waals surface area contributed by atoms with E-state index in [0.717, 1.165) is 11.1 Å². The predicted molar refractivity (Wildman–Crippen MR) is 94.9 cm³/mol. The normalized spacial score (nSPS) is 13.1. The van der Waals surface area contributed by atoms with E-state index in [1.54, 1.807) is 7.11 Å². The first kappa shape index (κ1) is 18.0. The number of nitrogens with one attached hydrogen (secondary N) is 2. The van der Waals surface area contributed by atoms with Crippen molar-refractivity contribution in [2.75, 3.05) is 19.0 Å². The first-order valence-corrected chi connectivity index (χ1v) is 8.00. The van der Waals surface area contributed by atoms with Crippen molar-refractivity contribution in [2.45, 2.75) is 25.5 Å². The minimum absolute atomic E-state index is 0.000674. The topological polar surface area (TPSA) is 70.6 Å². The fourth-order valence-electron chi connectivity index (χ4n) is 2.47. The highest BCUT2D eigenvalue weighted by Gasteiger charge is 2.14. The lowest BCUT2D eigenvalue weighted by atomic mass is 10.0. The van der Waals surface area contributed by atoms with Crippen LogP contribution in [-0.4, -0.2) is 24.9 Å². The van der Waals surface area contributed by atoms with Gasteiger partial charge in [0.2, 0.25) is 0 Å². The average Bonchev–Trinajstić information content (AvgIpc) is 2.61. The van der Waals surface area contributed by atoms with Crippen LogP contribution in [0.15, 0.2) is 54.6 Å². The van der Waals surface area contributed by atoms with Gasteiger partial charge in [-0.15, -0.1) is 0 Å². The van der Waals surface area contributed by atoms with Crippen LogP contribution in [-0.2, 0) is 4.74 Å². The Labute approximate surface area is 142 Å². The molecule has 24 heavy (non-hydrogen) atoms. The molecule has 0 heterocycles. The third kappa shape index (κ3) is 5.08. The van der Waals surface area contributed by atoms with Crippen LogP contribution in [0.5, 0.6) is 0 Å². The summed E-state index contributed by atoms with van der Waals surface area (Å²) in [5.41, 5.74) is 2.65.